The van der Waals surface area contributed by atoms with E-state index in [1.54, 1.807) is 30.9 Å². The van der Waals surface area contributed by atoms with Crippen LogP contribution in [0.1, 0.15) is 47.2 Å². The molecule has 1 aliphatic carbocycles. The maximum absolute atomic E-state index is 14.1. The summed E-state index contributed by atoms with van der Waals surface area (Å²) in [6.45, 7) is 3.62. The average Bonchev–Trinajstić information content (AvgIpc) is 3.46. The van der Waals surface area contributed by atoms with Crippen molar-refractivity contribution in [3.05, 3.63) is 67.3 Å². The highest BCUT2D eigenvalue weighted by molar-refractivity contribution is 6.31. The van der Waals surface area contributed by atoms with Crippen molar-refractivity contribution < 1.29 is 9.18 Å². The number of pyridine rings is 1. The fourth-order valence-electron chi connectivity index (χ4n) is 3.46. The number of H-pyrrole nitrogens is 1. The number of rotatable bonds is 6. The Labute approximate surface area is 167 Å². The van der Waals surface area contributed by atoms with Gasteiger partial charge in [0.2, 0.25) is 5.91 Å². The average molecular weight is 402 g/mol. The Hall–Kier alpha value is -2.65. The van der Waals surface area contributed by atoms with E-state index >= 15 is 0 Å². The normalized spacial score (nSPS) is 13.2. The first kappa shape index (κ1) is 20.1. The van der Waals surface area contributed by atoms with Crippen molar-refractivity contribution in [3.8, 4) is 6.07 Å². The van der Waals surface area contributed by atoms with Gasteiger partial charge in [-0.3, -0.25) is 9.59 Å². The number of nitrogens with zero attached hydrogens (tertiary/aromatic N) is 2. The van der Waals surface area contributed by atoms with Crippen molar-refractivity contribution in [1.82, 2.24) is 9.88 Å². The van der Waals surface area contributed by atoms with Crippen molar-refractivity contribution in [3.63, 3.8) is 0 Å². The third-order valence-electron chi connectivity index (χ3n) is 5.21. The van der Waals surface area contributed by atoms with Gasteiger partial charge in [0.1, 0.15) is 17.4 Å². The third-order valence-corrected chi connectivity index (χ3v) is 5.56. The minimum absolute atomic E-state index is 0.0743. The van der Waals surface area contributed by atoms with Gasteiger partial charge in [-0.15, -0.1) is 0 Å². The van der Waals surface area contributed by atoms with Crippen molar-refractivity contribution in [2.75, 3.05) is 0 Å². The number of nitrogens with one attached hydrogen (secondary N) is 1. The molecule has 1 aromatic carbocycles. The Morgan fingerprint density at radius 3 is 2.68 bits per heavy atom. The first-order chi connectivity index (χ1) is 13.3. The van der Waals surface area contributed by atoms with Crippen LogP contribution in [0.4, 0.5) is 4.39 Å². The van der Waals surface area contributed by atoms with Gasteiger partial charge in [-0.1, -0.05) is 17.7 Å². The number of carbonyl (C=O) groups is 1. The van der Waals surface area contributed by atoms with Gasteiger partial charge < -0.3 is 9.88 Å². The smallest absolute Gasteiger partial charge is 0.266 e. The zero-order valence-corrected chi connectivity index (χ0v) is 16.6. The molecule has 28 heavy (non-hydrogen) atoms. The van der Waals surface area contributed by atoms with Gasteiger partial charge in [0.25, 0.3) is 5.56 Å². The van der Waals surface area contributed by atoms with E-state index in [1.807, 2.05) is 6.07 Å². The van der Waals surface area contributed by atoms with Gasteiger partial charge in [-0.05, 0) is 56.4 Å². The van der Waals surface area contributed by atoms with Crippen LogP contribution < -0.4 is 5.56 Å². The van der Waals surface area contributed by atoms with Crippen LogP contribution in [0.5, 0.6) is 0 Å². The molecule has 1 N–H and O–H groups in total. The Kier molecular flexibility index (Phi) is 5.85. The predicted molar refractivity (Wildman–Crippen MR) is 105 cm³/mol. The lowest BCUT2D eigenvalue weighted by atomic mass is 9.98. The van der Waals surface area contributed by atoms with Gasteiger partial charge >= 0.3 is 0 Å². The number of benzene rings is 1. The van der Waals surface area contributed by atoms with E-state index in [9.17, 15) is 19.2 Å². The number of hydrogen-bond donors (Lipinski definition) is 1. The van der Waals surface area contributed by atoms with Gasteiger partial charge in [-0.25, -0.2) is 4.39 Å². The molecule has 1 aromatic heterocycles. The van der Waals surface area contributed by atoms with Gasteiger partial charge in [0.15, 0.2) is 0 Å². The summed E-state index contributed by atoms with van der Waals surface area (Å²) in [5, 5.41) is 9.49. The molecule has 0 unspecified atom stereocenters. The van der Waals surface area contributed by atoms with E-state index in [2.05, 4.69) is 4.98 Å². The maximum atomic E-state index is 14.1. The number of aryl methyl sites for hydroxylation is 1. The molecule has 5 nitrogen and oxygen atoms in total. The zero-order chi connectivity index (χ0) is 20.4. The molecule has 0 saturated heterocycles. The minimum atomic E-state index is -0.420. The molecule has 3 rings (SSSR count). The first-order valence-corrected chi connectivity index (χ1v) is 9.56. The first-order valence-electron chi connectivity index (χ1n) is 9.18. The van der Waals surface area contributed by atoms with Crippen molar-refractivity contribution >= 4 is 17.5 Å². The molecule has 1 amide bonds. The zero-order valence-electron chi connectivity index (χ0n) is 15.8. The predicted octanol–water partition coefficient (Wildman–Crippen LogP) is 3.78. The van der Waals surface area contributed by atoms with E-state index < -0.39 is 11.4 Å². The van der Waals surface area contributed by atoms with Gasteiger partial charge in [0.05, 0.1) is 6.54 Å². The molecule has 1 aliphatic rings. The molecule has 1 saturated carbocycles. The topological polar surface area (TPSA) is 77.0 Å². The van der Waals surface area contributed by atoms with Crippen molar-refractivity contribution in [2.45, 2.75) is 52.1 Å². The van der Waals surface area contributed by atoms with E-state index in [-0.39, 0.29) is 30.5 Å². The Morgan fingerprint density at radius 1 is 1.36 bits per heavy atom. The standard InChI is InChI=1S/C21H21ClFN3O2/c1-12-15(13(2)25-21(28)16(12)10-24)8-9-20(27)26(14-6-7-14)11-17-18(22)4-3-5-19(17)23/h3-5,14H,6-9,11H2,1-2H3,(H,25,28). The highest BCUT2D eigenvalue weighted by atomic mass is 35.5. The van der Waals surface area contributed by atoms with E-state index in [4.69, 9.17) is 11.6 Å². The number of carbonyl (C=O) groups excluding carboxylic acids is 1. The van der Waals surface area contributed by atoms with Crippen LogP contribution in [0.3, 0.4) is 0 Å². The summed E-state index contributed by atoms with van der Waals surface area (Å²) < 4.78 is 14.1. The van der Waals surface area contributed by atoms with Crippen LogP contribution >= 0.6 is 11.6 Å². The highest BCUT2D eigenvalue weighted by Crippen LogP contribution is 2.31. The molecule has 1 heterocycles. The summed E-state index contributed by atoms with van der Waals surface area (Å²) >= 11 is 6.12. The lowest BCUT2D eigenvalue weighted by molar-refractivity contribution is -0.132. The molecule has 0 aliphatic heterocycles. The van der Waals surface area contributed by atoms with Crippen LogP contribution in [-0.4, -0.2) is 21.8 Å². The number of amides is 1. The molecule has 0 bridgehead atoms. The second-order valence-electron chi connectivity index (χ2n) is 7.12. The van der Waals surface area contributed by atoms with Crippen LogP contribution in [0, 0.1) is 31.0 Å². The number of hydrogen-bond acceptors (Lipinski definition) is 3. The molecule has 0 atom stereocenters. The van der Waals surface area contributed by atoms with Crippen LogP contribution in [0.25, 0.3) is 0 Å². The Balaban J connectivity index is 1.78. The van der Waals surface area contributed by atoms with E-state index in [1.165, 1.54) is 6.07 Å². The monoisotopic (exact) mass is 401 g/mol. The Morgan fingerprint density at radius 2 is 2.07 bits per heavy atom. The molecular formula is C21H21ClFN3O2. The molecule has 0 spiro atoms. The summed E-state index contributed by atoms with van der Waals surface area (Å²) in [6, 6.07) is 6.52. The SMILES string of the molecule is Cc1[nH]c(=O)c(C#N)c(C)c1CCC(=O)N(Cc1c(F)cccc1Cl)C1CC1. The van der Waals surface area contributed by atoms with Crippen molar-refractivity contribution in [2.24, 2.45) is 0 Å². The minimum Gasteiger partial charge on any atom is -0.335 e. The Bertz CT molecular complexity index is 1000. The van der Waals surface area contributed by atoms with Crippen LogP contribution in [0.15, 0.2) is 23.0 Å². The molecule has 1 fully saturated rings. The molecule has 146 valence electrons. The fourth-order valence-corrected chi connectivity index (χ4v) is 3.68. The summed E-state index contributed by atoms with van der Waals surface area (Å²) in [5.74, 6) is -0.512. The molecular weight excluding hydrogens is 381 g/mol. The summed E-state index contributed by atoms with van der Waals surface area (Å²) in [4.78, 5) is 29.1. The molecule has 0 radical (unpaired) electrons. The number of halogens is 2. The molecule has 7 heteroatoms. The van der Waals surface area contributed by atoms with Gasteiger partial charge in [-0.2, -0.15) is 5.26 Å². The second-order valence-corrected chi connectivity index (χ2v) is 7.53. The summed E-state index contributed by atoms with van der Waals surface area (Å²) in [7, 11) is 0. The van der Waals surface area contributed by atoms with Crippen molar-refractivity contribution in [1.29, 1.82) is 5.26 Å². The van der Waals surface area contributed by atoms with E-state index in [0.29, 0.717) is 28.3 Å². The second kappa shape index (κ2) is 8.15. The van der Waals surface area contributed by atoms with Crippen LogP contribution in [-0.2, 0) is 17.8 Å². The summed E-state index contributed by atoms with van der Waals surface area (Å²) in [5.41, 5.74) is 2.04. The lowest BCUT2D eigenvalue weighted by Crippen LogP contribution is -2.33. The lowest BCUT2D eigenvalue weighted by Gasteiger charge is -2.24. The quantitative estimate of drug-likeness (QED) is 0.800. The molecule has 2 aromatic rings. The van der Waals surface area contributed by atoms with Gasteiger partial charge in [0, 0.05) is 28.7 Å². The number of aromatic nitrogens is 1. The largest absolute Gasteiger partial charge is 0.335 e. The maximum Gasteiger partial charge on any atom is 0.266 e. The number of nitriles is 1. The summed E-state index contributed by atoms with van der Waals surface area (Å²) in [6.07, 6.45) is 2.40. The highest BCUT2D eigenvalue weighted by Gasteiger charge is 2.33. The number of aromatic amines is 1. The van der Waals surface area contributed by atoms with E-state index in [0.717, 1.165) is 18.4 Å². The third kappa shape index (κ3) is 4.10. The fraction of sp³-hybridized carbons (Fsp3) is 0.381. The van der Waals surface area contributed by atoms with Crippen LogP contribution in [0.2, 0.25) is 5.02 Å².